The van der Waals surface area contributed by atoms with Gasteiger partial charge in [0.05, 0.1) is 27.5 Å². The molecule has 2 aromatic carbocycles. The van der Waals surface area contributed by atoms with Crippen molar-refractivity contribution in [1.29, 1.82) is 0 Å². The molecule has 0 aliphatic rings. The average Bonchev–Trinajstić information content (AvgIpc) is 2.70. The van der Waals surface area contributed by atoms with Gasteiger partial charge < -0.3 is 14.8 Å². The molecule has 0 saturated heterocycles. The van der Waals surface area contributed by atoms with E-state index in [4.69, 9.17) is 21.1 Å². The van der Waals surface area contributed by atoms with Crippen LogP contribution in [0.15, 0.2) is 36.7 Å². The van der Waals surface area contributed by atoms with Crippen LogP contribution in [0.1, 0.15) is 13.3 Å². The number of hydrogen-bond acceptors (Lipinski definition) is 7. The molecule has 0 spiro atoms. The van der Waals surface area contributed by atoms with Gasteiger partial charge in [-0.15, -0.1) is 0 Å². The number of hydrogen-bond donors (Lipinski definition) is 1. The van der Waals surface area contributed by atoms with Crippen molar-refractivity contribution in [2.24, 2.45) is 0 Å². The zero-order valence-electron chi connectivity index (χ0n) is 15.5. The summed E-state index contributed by atoms with van der Waals surface area (Å²) in [6.45, 7) is 3.08. The molecule has 3 aromatic rings. The first kappa shape index (κ1) is 20.7. The van der Waals surface area contributed by atoms with E-state index < -0.39 is 10.7 Å². The first-order valence-electron chi connectivity index (χ1n) is 8.85. The third kappa shape index (κ3) is 5.07. The molecule has 0 aliphatic carbocycles. The van der Waals surface area contributed by atoms with Crippen molar-refractivity contribution < 1.29 is 18.8 Å². The number of halogens is 2. The normalized spacial score (nSPS) is 10.9. The largest absolute Gasteiger partial charge is 0.484 e. The van der Waals surface area contributed by atoms with Crippen molar-refractivity contribution in [2.75, 3.05) is 25.1 Å². The quantitative estimate of drug-likeness (QED) is 0.299. The van der Waals surface area contributed by atoms with E-state index in [0.29, 0.717) is 35.6 Å². The second kappa shape index (κ2) is 9.44. The highest BCUT2D eigenvalue weighted by Gasteiger charge is 2.19. The fraction of sp³-hybridized carbons (Fsp3) is 0.263. The van der Waals surface area contributed by atoms with Crippen molar-refractivity contribution in [2.45, 2.75) is 13.3 Å². The van der Waals surface area contributed by atoms with E-state index >= 15 is 0 Å². The topological polar surface area (TPSA) is 99.4 Å². The van der Waals surface area contributed by atoms with Gasteiger partial charge in [0.1, 0.15) is 24.6 Å². The van der Waals surface area contributed by atoms with Gasteiger partial charge in [-0.05, 0) is 24.6 Å². The van der Waals surface area contributed by atoms with Gasteiger partial charge in [-0.2, -0.15) is 0 Å². The lowest BCUT2D eigenvalue weighted by Crippen LogP contribution is -2.08. The fourth-order valence-electron chi connectivity index (χ4n) is 2.60. The monoisotopic (exact) mass is 420 g/mol. The number of nitro groups is 1. The minimum Gasteiger partial charge on any atom is -0.484 e. The molecule has 0 bridgehead atoms. The van der Waals surface area contributed by atoms with Gasteiger partial charge in [0.15, 0.2) is 5.75 Å². The molecule has 0 fully saturated rings. The van der Waals surface area contributed by atoms with Gasteiger partial charge in [-0.3, -0.25) is 10.1 Å². The molecule has 3 rings (SSSR count). The van der Waals surface area contributed by atoms with Crippen LogP contribution < -0.4 is 10.1 Å². The summed E-state index contributed by atoms with van der Waals surface area (Å²) in [5, 5.41) is 14.9. The van der Waals surface area contributed by atoms with E-state index in [1.807, 2.05) is 6.92 Å². The predicted octanol–water partition coefficient (Wildman–Crippen LogP) is 4.88. The minimum absolute atomic E-state index is 0.0553. The Morgan fingerprint density at radius 2 is 2.03 bits per heavy atom. The molecule has 152 valence electrons. The number of ether oxygens (including phenoxy) is 2. The number of rotatable bonds is 9. The summed E-state index contributed by atoms with van der Waals surface area (Å²) >= 11 is 5.80. The van der Waals surface area contributed by atoms with E-state index in [0.717, 1.165) is 6.42 Å². The van der Waals surface area contributed by atoms with E-state index in [1.54, 1.807) is 0 Å². The van der Waals surface area contributed by atoms with E-state index in [2.05, 4.69) is 15.3 Å². The first-order chi connectivity index (χ1) is 14.0. The van der Waals surface area contributed by atoms with Crippen molar-refractivity contribution in [3.05, 3.63) is 57.6 Å². The maximum Gasteiger partial charge on any atom is 0.311 e. The molecule has 0 aliphatic heterocycles. The van der Waals surface area contributed by atoms with Gasteiger partial charge >= 0.3 is 5.69 Å². The van der Waals surface area contributed by atoms with Gasteiger partial charge in [0.2, 0.25) is 0 Å². The maximum atomic E-state index is 13.4. The van der Waals surface area contributed by atoms with Crippen molar-refractivity contribution in [1.82, 2.24) is 9.97 Å². The standard InChI is InChI=1S/C19H18ClFN4O4/c1-2-5-28-6-7-29-18-10-16-13(9-17(18)25(26)27)19(23-11-22-16)24-12-3-4-15(21)14(20)8-12/h3-4,8-11H,2,5-7H2,1H3,(H,22,23,24). The highest BCUT2D eigenvalue weighted by Crippen LogP contribution is 2.34. The van der Waals surface area contributed by atoms with Crippen LogP contribution in [0.3, 0.4) is 0 Å². The summed E-state index contributed by atoms with van der Waals surface area (Å²) in [7, 11) is 0. The lowest BCUT2D eigenvalue weighted by molar-refractivity contribution is -0.385. The Kier molecular flexibility index (Phi) is 6.73. The summed E-state index contributed by atoms with van der Waals surface area (Å²) < 4.78 is 24.2. The minimum atomic E-state index is -0.551. The molecule has 1 aromatic heterocycles. The summed E-state index contributed by atoms with van der Waals surface area (Å²) in [6.07, 6.45) is 2.19. The van der Waals surface area contributed by atoms with Crippen LogP contribution in [-0.2, 0) is 4.74 Å². The van der Waals surface area contributed by atoms with Crippen molar-refractivity contribution >= 4 is 39.7 Å². The molecule has 1 heterocycles. The Labute approximate surface area is 170 Å². The van der Waals surface area contributed by atoms with Gasteiger partial charge in [0.25, 0.3) is 0 Å². The maximum absolute atomic E-state index is 13.4. The molecule has 0 radical (unpaired) electrons. The summed E-state index contributed by atoms with van der Waals surface area (Å²) in [5.41, 5.74) is 0.709. The molecule has 1 N–H and O–H groups in total. The third-order valence-corrected chi connectivity index (χ3v) is 4.22. The summed E-state index contributed by atoms with van der Waals surface area (Å²) in [5.74, 6) is -0.138. The Balaban J connectivity index is 1.91. The molecule has 0 saturated carbocycles. The molecule has 8 nitrogen and oxygen atoms in total. The highest BCUT2D eigenvalue weighted by atomic mass is 35.5. The van der Waals surface area contributed by atoms with Crippen LogP contribution in [0.5, 0.6) is 5.75 Å². The van der Waals surface area contributed by atoms with Crippen LogP contribution >= 0.6 is 11.6 Å². The van der Waals surface area contributed by atoms with Gasteiger partial charge in [0, 0.05) is 24.4 Å². The third-order valence-electron chi connectivity index (χ3n) is 3.93. The van der Waals surface area contributed by atoms with Crippen LogP contribution in [-0.4, -0.2) is 34.7 Å². The van der Waals surface area contributed by atoms with Crippen LogP contribution in [0.4, 0.5) is 21.6 Å². The average molecular weight is 421 g/mol. The van der Waals surface area contributed by atoms with E-state index in [1.165, 1.54) is 36.7 Å². The summed E-state index contributed by atoms with van der Waals surface area (Å²) in [4.78, 5) is 19.3. The van der Waals surface area contributed by atoms with Crippen molar-refractivity contribution in [3.63, 3.8) is 0 Å². The van der Waals surface area contributed by atoms with Gasteiger partial charge in [-0.1, -0.05) is 18.5 Å². The zero-order valence-corrected chi connectivity index (χ0v) is 16.3. The van der Waals surface area contributed by atoms with Crippen LogP contribution in [0, 0.1) is 15.9 Å². The summed E-state index contributed by atoms with van der Waals surface area (Å²) in [6, 6.07) is 6.91. The lowest BCUT2D eigenvalue weighted by Gasteiger charge is -2.11. The SMILES string of the molecule is CCCOCCOc1cc2ncnc(Nc3ccc(F)c(Cl)c3)c2cc1[N+](=O)[O-]. The molecule has 29 heavy (non-hydrogen) atoms. The van der Waals surface area contributed by atoms with Crippen LogP contribution in [0.2, 0.25) is 5.02 Å². The number of nitrogens with zero attached hydrogens (tertiary/aromatic N) is 3. The zero-order chi connectivity index (χ0) is 20.8. The number of fused-ring (bicyclic) bond motifs is 1. The highest BCUT2D eigenvalue weighted by molar-refractivity contribution is 6.31. The van der Waals surface area contributed by atoms with Crippen molar-refractivity contribution in [3.8, 4) is 5.75 Å². The van der Waals surface area contributed by atoms with Crippen LogP contribution in [0.25, 0.3) is 10.9 Å². The molecular weight excluding hydrogens is 403 g/mol. The fourth-order valence-corrected chi connectivity index (χ4v) is 2.78. The molecule has 0 unspecified atom stereocenters. The first-order valence-corrected chi connectivity index (χ1v) is 9.23. The second-order valence-electron chi connectivity index (χ2n) is 6.03. The molecular formula is C19H18ClFN4O4. The van der Waals surface area contributed by atoms with E-state index in [-0.39, 0.29) is 23.1 Å². The predicted molar refractivity (Wildman–Crippen MR) is 107 cm³/mol. The smallest absolute Gasteiger partial charge is 0.311 e. The van der Waals surface area contributed by atoms with E-state index in [9.17, 15) is 14.5 Å². The lowest BCUT2D eigenvalue weighted by atomic mass is 10.2. The Morgan fingerprint density at radius 1 is 1.21 bits per heavy atom. The van der Waals surface area contributed by atoms with Gasteiger partial charge in [-0.25, -0.2) is 14.4 Å². The molecule has 10 heteroatoms. The second-order valence-corrected chi connectivity index (χ2v) is 6.44. The molecule has 0 atom stereocenters. The number of nitrogens with one attached hydrogen (secondary N) is 1. The number of aromatic nitrogens is 2. The Bertz CT molecular complexity index is 1030. The molecule has 0 amide bonds. The number of anilines is 2. The number of benzene rings is 2. The Morgan fingerprint density at radius 3 is 2.76 bits per heavy atom. The number of nitro benzene ring substituents is 1. The Hall–Kier alpha value is -3.04.